The molecule has 2 fully saturated rings. The zero-order chi connectivity index (χ0) is 20.2. The third kappa shape index (κ3) is 4.40. The van der Waals surface area contributed by atoms with Crippen molar-refractivity contribution in [2.75, 3.05) is 23.9 Å². The first-order valence-corrected chi connectivity index (χ1v) is 11.1. The summed E-state index contributed by atoms with van der Waals surface area (Å²) in [5, 5.41) is 8.19. The summed E-state index contributed by atoms with van der Waals surface area (Å²) in [6.45, 7) is 0.674. The number of hydrogen-bond acceptors (Lipinski definition) is 4. The monoisotopic (exact) mass is 413 g/mol. The lowest BCUT2D eigenvalue weighted by Crippen LogP contribution is -2.35. The topological polar surface area (TPSA) is 70.7 Å². The van der Waals surface area contributed by atoms with E-state index in [-0.39, 0.29) is 18.0 Å². The van der Waals surface area contributed by atoms with Gasteiger partial charge < -0.3 is 20.3 Å². The number of benzene rings is 1. The van der Waals surface area contributed by atoms with Crippen molar-refractivity contribution >= 4 is 34.6 Å². The van der Waals surface area contributed by atoms with Crippen molar-refractivity contribution in [1.82, 2.24) is 5.32 Å². The maximum atomic E-state index is 12.8. The Bertz CT molecular complexity index is 862. The molecule has 154 valence electrons. The lowest BCUT2D eigenvalue weighted by molar-refractivity contribution is -0.117. The molecule has 1 atom stereocenters. The average Bonchev–Trinajstić information content (AvgIpc) is 3.48. The number of methoxy groups -OCH3 is 1. The van der Waals surface area contributed by atoms with Gasteiger partial charge in [-0.15, -0.1) is 11.3 Å². The number of anilines is 2. The first kappa shape index (κ1) is 19.8. The van der Waals surface area contributed by atoms with Gasteiger partial charge in [-0.3, -0.25) is 4.79 Å². The number of amides is 3. The number of rotatable bonds is 6. The molecule has 6 nitrogen and oxygen atoms in total. The van der Waals surface area contributed by atoms with Crippen molar-refractivity contribution < 1.29 is 14.3 Å². The Morgan fingerprint density at radius 1 is 1.24 bits per heavy atom. The predicted molar refractivity (Wildman–Crippen MR) is 116 cm³/mol. The molecule has 2 aliphatic rings. The van der Waals surface area contributed by atoms with Crippen LogP contribution in [0, 0.1) is 5.92 Å². The van der Waals surface area contributed by atoms with Crippen LogP contribution >= 0.6 is 11.3 Å². The molecule has 0 unspecified atom stereocenters. The summed E-state index contributed by atoms with van der Waals surface area (Å²) in [7, 11) is 1.59. The fraction of sp³-hybridized carbons (Fsp3) is 0.455. The van der Waals surface area contributed by atoms with Gasteiger partial charge >= 0.3 is 6.03 Å². The van der Waals surface area contributed by atoms with E-state index in [0.717, 1.165) is 19.3 Å². The fourth-order valence-electron chi connectivity index (χ4n) is 4.37. The zero-order valence-corrected chi connectivity index (χ0v) is 17.5. The van der Waals surface area contributed by atoms with Gasteiger partial charge in [0.25, 0.3) is 0 Å². The molecule has 2 aromatic rings. The fourth-order valence-corrected chi connectivity index (χ4v) is 5.24. The summed E-state index contributed by atoms with van der Waals surface area (Å²) < 4.78 is 5.43. The van der Waals surface area contributed by atoms with E-state index in [1.165, 1.54) is 17.7 Å². The SMILES string of the molecule is COc1ccc(NC(=O)N[C@@H](c2cccs2)C2CCCC2)cc1N1CCCC1=O. The normalized spacial score (nSPS) is 18.1. The molecule has 2 heterocycles. The minimum Gasteiger partial charge on any atom is -0.495 e. The van der Waals surface area contributed by atoms with E-state index >= 15 is 0 Å². The van der Waals surface area contributed by atoms with E-state index in [2.05, 4.69) is 22.1 Å². The summed E-state index contributed by atoms with van der Waals surface area (Å²) in [5.74, 6) is 1.20. The van der Waals surface area contributed by atoms with Crippen LogP contribution in [0.1, 0.15) is 49.4 Å². The summed E-state index contributed by atoms with van der Waals surface area (Å²) in [6.07, 6.45) is 6.12. The number of hydrogen-bond donors (Lipinski definition) is 2. The number of carbonyl (C=O) groups excluding carboxylic acids is 2. The van der Waals surface area contributed by atoms with Gasteiger partial charge in [-0.25, -0.2) is 4.79 Å². The molecule has 2 N–H and O–H groups in total. The summed E-state index contributed by atoms with van der Waals surface area (Å²) in [4.78, 5) is 27.9. The Hall–Kier alpha value is -2.54. The first-order chi connectivity index (χ1) is 14.2. The Morgan fingerprint density at radius 2 is 2.07 bits per heavy atom. The summed E-state index contributed by atoms with van der Waals surface area (Å²) >= 11 is 1.69. The van der Waals surface area contributed by atoms with Crippen molar-refractivity contribution in [3.63, 3.8) is 0 Å². The maximum absolute atomic E-state index is 12.8. The lowest BCUT2D eigenvalue weighted by atomic mass is 9.97. The highest BCUT2D eigenvalue weighted by Gasteiger charge is 2.29. The third-order valence-electron chi connectivity index (χ3n) is 5.81. The van der Waals surface area contributed by atoms with Gasteiger partial charge in [-0.1, -0.05) is 18.9 Å². The molecule has 1 aromatic carbocycles. The second-order valence-corrected chi connectivity index (χ2v) is 8.65. The van der Waals surface area contributed by atoms with E-state index in [1.807, 2.05) is 12.1 Å². The van der Waals surface area contributed by atoms with E-state index in [0.29, 0.717) is 36.0 Å². The Kier molecular flexibility index (Phi) is 6.04. The van der Waals surface area contributed by atoms with Gasteiger partial charge in [-0.05, 0) is 54.8 Å². The van der Waals surface area contributed by atoms with Crippen LogP contribution in [0.4, 0.5) is 16.2 Å². The van der Waals surface area contributed by atoms with Gasteiger partial charge in [0.05, 0.1) is 18.8 Å². The van der Waals surface area contributed by atoms with Crippen molar-refractivity contribution in [3.8, 4) is 5.75 Å². The highest BCUT2D eigenvalue weighted by Crippen LogP contribution is 2.38. The molecule has 1 saturated heterocycles. The van der Waals surface area contributed by atoms with Crippen LogP contribution in [-0.4, -0.2) is 25.6 Å². The lowest BCUT2D eigenvalue weighted by Gasteiger charge is -2.24. The molecule has 0 bridgehead atoms. The van der Waals surface area contributed by atoms with Gasteiger partial charge in [0.15, 0.2) is 0 Å². The molecule has 4 rings (SSSR count). The number of nitrogens with zero attached hydrogens (tertiary/aromatic N) is 1. The largest absolute Gasteiger partial charge is 0.495 e. The Morgan fingerprint density at radius 3 is 2.72 bits per heavy atom. The maximum Gasteiger partial charge on any atom is 0.319 e. The predicted octanol–water partition coefficient (Wildman–Crippen LogP) is 4.94. The summed E-state index contributed by atoms with van der Waals surface area (Å²) in [5.41, 5.74) is 1.35. The average molecular weight is 414 g/mol. The molecule has 29 heavy (non-hydrogen) atoms. The number of nitrogens with one attached hydrogen (secondary N) is 2. The minimum atomic E-state index is -0.223. The van der Waals surface area contributed by atoms with Gasteiger partial charge in [-0.2, -0.15) is 0 Å². The smallest absolute Gasteiger partial charge is 0.319 e. The van der Waals surface area contributed by atoms with E-state index in [4.69, 9.17) is 4.74 Å². The van der Waals surface area contributed by atoms with Crippen molar-refractivity contribution in [2.24, 2.45) is 5.92 Å². The third-order valence-corrected chi connectivity index (χ3v) is 6.76. The van der Waals surface area contributed by atoms with Crippen molar-refractivity contribution in [2.45, 2.75) is 44.6 Å². The van der Waals surface area contributed by atoms with E-state index in [1.54, 1.807) is 35.5 Å². The molecule has 3 amide bonds. The van der Waals surface area contributed by atoms with Crippen molar-refractivity contribution in [3.05, 3.63) is 40.6 Å². The number of ether oxygens (including phenoxy) is 1. The van der Waals surface area contributed by atoms with Crippen LogP contribution in [-0.2, 0) is 4.79 Å². The van der Waals surface area contributed by atoms with Crippen LogP contribution in [0.2, 0.25) is 0 Å². The molecule has 7 heteroatoms. The van der Waals surface area contributed by atoms with Gasteiger partial charge in [0.2, 0.25) is 5.91 Å². The molecule has 1 aliphatic heterocycles. The van der Waals surface area contributed by atoms with Crippen LogP contribution in [0.25, 0.3) is 0 Å². The van der Waals surface area contributed by atoms with Gasteiger partial charge in [0.1, 0.15) is 5.75 Å². The standard InChI is InChI=1S/C22H27N3O3S/c1-28-18-11-10-16(14-17(18)25-12-4-9-20(25)26)23-22(27)24-21(15-6-2-3-7-15)19-8-5-13-29-19/h5,8,10-11,13-15,21H,2-4,6-7,9,12H2,1H3,(H2,23,24,27)/t21-/m1/s1. The van der Waals surface area contributed by atoms with Crippen LogP contribution in [0.3, 0.4) is 0 Å². The Labute approximate surface area is 175 Å². The number of carbonyl (C=O) groups is 2. The molecule has 1 aromatic heterocycles. The molecule has 1 saturated carbocycles. The van der Waals surface area contributed by atoms with E-state index < -0.39 is 0 Å². The highest BCUT2D eigenvalue weighted by atomic mass is 32.1. The van der Waals surface area contributed by atoms with Gasteiger partial charge in [0, 0.05) is 23.5 Å². The second-order valence-electron chi connectivity index (χ2n) is 7.67. The van der Waals surface area contributed by atoms with Crippen LogP contribution < -0.4 is 20.3 Å². The highest BCUT2D eigenvalue weighted by molar-refractivity contribution is 7.10. The first-order valence-electron chi connectivity index (χ1n) is 10.2. The van der Waals surface area contributed by atoms with Crippen LogP contribution in [0.15, 0.2) is 35.7 Å². The second kappa shape index (κ2) is 8.86. The molecule has 0 spiro atoms. The summed E-state index contributed by atoms with van der Waals surface area (Å²) in [6, 6.07) is 9.36. The zero-order valence-electron chi connectivity index (χ0n) is 16.6. The Balaban J connectivity index is 1.49. The quantitative estimate of drug-likeness (QED) is 0.705. The molecule has 1 aliphatic carbocycles. The number of urea groups is 1. The molecule has 0 radical (unpaired) electrons. The molecular weight excluding hydrogens is 386 g/mol. The molecular formula is C22H27N3O3S. The minimum absolute atomic E-state index is 0.0374. The van der Waals surface area contributed by atoms with Crippen LogP contribution in [0.5, 0.6) is 5.75 Å². The van der Waals surface area contributed by atoms with Crippen molar-refractivity contribution in [1.29, 1.82) is 0 Å². The number of thiophene rings is 1. The van der Waals surface area contributed by atoms with E-state index in [9.17, 15) is 9.59 Å².